The molecule has 0 aliphatic rings. The smallest absolute Gasteiger partial charge is 0.206 e. The monoisotopic (exact) mass is 302 g/mol. The van der Waals surface area contributed by atoms with E-state index in [-0.39, 0.29) is 5.95 Å². The summed E-state index contributed by atoms with van der Waals surface area (Å²) in [6, 6.07) is 9.26. The van der Waals surface area contributed by atoms with Gasteiger partial charge in [-0.15, -0.1) is 0 Å². The van der Waals surface area contributed by atoms with E-state index in [2.05, 4.69) is 5.10 Å². The zero-order chi connectivity index (χ0) is 10.1. The Hall–Kier alpha value is -0.910. The zero-order valence-corrected chi connectivity index (χ0v) is 9.69. The van der Waals surface area contributed by atoms with Crippen LogP contribution in [-0.4, -0.2) is 9.78 Å². The Morgan fingerprint density at radius 3 is 2.43 bits per heavy atom. The van der Waals surface area contributed by atoms with Crippen LogP contribution in [0.4, 0.5) is 4.39 Å². The molecular formula is C10H8FIN2. The minimum atomic E-state index is -0.297. The molecule has 0 atom stereocenters. The van der Waals surface area contributed by atoms with Gasteiger partial charge in [-0.05, 0) is 41.6 Å². The minimum Gasteiger partial charge on any atom is -0.206 e. The Kier molecular flexibility index (Phi) is 2.54. The zero-order valence-electron chi connectivity index (χ0n) is 7.54. The second-order valence-electron chi connectivity index (χ2n) is 2.94. The van der Waals surface area contributed by atoms with Crippen LogP contribution in [0.15, 0.2) is 30.3 Å². The molecule has 0 radical (unpaired) electrons. The van der Waals surface area contributed by atoms with Gasteiger partial charge in [0, 0.05) is 0 Å². The second kappa shape index (κ2) is 3.68. The lowest BCUT2D eigenvalue weighted by Crippen LogP contribution is -1.99. The van der Waals surface area contributed by atoms with Crippen LogP contribution in [0.25, 0.3) is 5.69 Å². The molecule has 1 heterocycles. The van der Waals surface area contributed by atoms with Crippen LogP contribution >= 0.6 is 22.6 Å². The third-order valence-corrected chi connectivity index (χ3v) is 3.16. The molecule has 2 aromatic rings. The third kappa shape index (κ3) is 1.54. The molecule has 0 spiro atoms. The lowest BCUT2D eigenvalue weighted by atomic mass is 10.3. The Morgan fingerprint density at radius 1 is 1.29 bits per heavy atom. The van der Waals surface area contributed by atoms with Crippen molar-refractivity contribution >= 4 is 22.6 Å². The standard InChI is InChI=1S/C10H8FIN2/c1-7-9(12)10(11)14(13-7)8-5-3-2-4-6-8/h2-6H,1H3. The molecule has 0 N–H and O–H groups in total. The molecule has 14 heavy (non-hydrogen) atoms. The Morgan fingerprint density at radius 2 is 1.93 bits per heavy atom. The quantitative estimate of drug-likeness (QED) is 0.741. The summed E-state index contributed by atoms with van der Waals surface area (Å²) in [6.45, 7) is 1.80. The maximum atomic E-state index is 13.6. The van der Waals surface area contributed by atoms with Crippen LogP contribution in [0.2, 0.25) is 0 Å². The second-order valence-corrected chi connectivity index (χ2v) is 4.02. The van der Waals surface area contributed by atoms with Gasteiger partial charge in [0.2, 0.25) is 5.95 Å². The van der Waals surface area contributed by atoms with E-state index < -0.39 is 0 Å². The molecular weight excluding hydrogens is 294 g/mol. The molecule has 0 bridgehead atoms. The van der Waals surface area contributed by atoms with Gasteiger partial charge in [-0.1, -0.05) is 18.2 Å². The van der Waals surface area contributed by atoms with E-state index in [0.717, 1.165) is 5.69 Å². The molecule has 0 aliphatic carbocycles. The summed E-state index contributed by atoms with van der Waals surface area (Å²) in [5.74, 6) is -0.297. The molecule has 0 saturated heterocycles. The number of nitrogens with zero attached hydrogens (tertiary/aromatic N) is 2. The summed E-state index contributed by atoms with van der Waals surface area (Å²) >= 11 is 1.96. The van der Waals surface area contributed by atoms with Crippen molar-refractivity contribution in [3.63, 3.8) is 0 Å². The van der Waals surface area contributed by atoms with Crippen molar-refractivity contribution in [3.05, 3.63) is 45.5 Å². The molecule has 0 aliphatic heterocycles. The highest BCUT2D eigenvalue weighted by molar-refractivity contribution is 14.1. The number of hydrogen-bond donors (Lipinski definition) is 0. The predicted octanol–water partition coefficient (Wildman–Crippen LogP) is 2.92. The fourth-order valence-electron chi connectivity index (χ4n) is 1.22. The summed E-state index contributed by atoms with van der Waals surface area (Å²) in [5.41, 5.74) is 1.46. The number of benzene rings is 1. The number of rotatable bonds is 1. The Labute approximate surface area is 94.9 Å². The Bertz CT molecular complexity index is 451. The van der Waals surface area contributed by atoms with Gasteiger partial charge in [0.1, 0.15) is 0 Å². The topological polar surface area (TPSA) is 17.8 Å². The number of para-hydroxylation sites is 1. The van der Waals surface area contributed by atoms with Crippen molar-refractivity contribution in [1.82, 2.24) is 9.78 Å². The molecule has 0 saturated carbocycles. The van der Waals surface area contributed by atoms with Crippen molar-refractivity contribution in [2.75, 3.05) is 0 Å². The minimum absolute atomic E-state index is 0.297. The molecule has 2 rings (SSSR count). The summed E-state index contributed by atoms with van der Waals surface area (Å²) in [6.07, 6.45) is 0. The highest BCUT2D eigenvalue weighted by Gasteiger charge is 2.12. The highest BCUT2D eigenvalue weighted by Crippen LogP contribution is 2.18. The normalized spacial score (nSPS) is 10.5. The predicted molar refractivity (Wildman–Crippen MR) is 61.0 cm³/mol. The highest BCUT2D eigenvalue weighted by atomic mass is 127. The molecule has 1 aromatic carbocycles. The first-order chi connectivity index (χ1) is 6.70. The number of hydrogen-bond acceptors (Lipinski definition) is 1. The molecule has 0 amide bonds. The van der Waals surface area contributed by atoms with Gasteiger partial charge in [0.15, 0.2) is 0 Å². The van der Waals surface area contributed by atoms with E-state index in [1.54, 1.807) is 6.92 Å². The van der Waals surface area contributed by atoms with Gasteiger partial charge in [-0.2, -0.15) is 9.49 Å². The van der Waals surface area contributed by atoms with Crippen LogP contribution in [0, 0.1) is 16.4 Å². The van der Waals surface area contributed by atoms with Crippen molar-refractivity contribution in [2.45, 2.75) is 6.92 Å². The largest absolute Gasteiger partial charge is 0.229 e. The van der Waals surface area contributed by atoms with Crippen LogP contribution in [0.1, 0.15) is 5.69 Å². The van der Waals surface area contributed by atoms with E-state index in [0.29, 0.717) is 9.26 Å². The molecule has 4 heteroatoms. The van der Waals surface area contributed by atoms with Crippen molar-refractivity contribution in [1.29, 1.82) is 0 Å². The number of aromatic nitrogens is 2. The average Bonchev–Trinajstić information content (AvgIpc) is 2.47. The summed E-state index contributed by atoms with van der Waals surface area (Å²) < 4.78 is 15.5. The van der Waals surface area contributed by atoms with Crippen molar-refractivity contribution < 1.29 is 4.39 Å². The van der Waals surface area contributed by atoms with E-state index in [9.17, 15) is 4.39 Å². The van der Waals surface area contributed by atoms with Gasteiger partial charge >= 0.3 is 0 Å². The lowest BCUT2D eigenvalue weighted by molar-refractivity contribution is 0.531. The SMILES string of the molecule is Cc1nn(-c2ccccc2)c(F)c1I. The summed E-state index contributed by atoms with van der Waals surface area (Å²) in [5, 5.41) is 4.11. The van der Waals surface area contributed by atoms with Gasteiger partial charge in [0.05, 0.1) is 15.0 Å². The first kappa shape index (κ1) is 9.64. The average molecular weight is 302 g/mol. The number of aryl methyl sites for hydroxylation is 1. The van der Waals surface area contributed by atoms with Crippen LogP contribution in [0.3, 0.4) is 0 Å². The first-order valence-corrected chi connectivity index (χ1v) is 5.24. The lowest BCUT2D eigenvalue weighted by Gasteiger charge is -2.00. The van der Waals surface area contributed by atoms with E-state index in [1.807, 2.05) is 52.9 Å². The van der Waals surface area contributed by atoms with Crippen LogP contribution in [-0.2, 0) is 0 Å². The van der Waals surface area contributed by atoms with Gasteiger partial charge < -0.3 is 0 Å². The van der Waals surface area contributed by atoms with E-state index in [4.69, 9.17) is 0 Å². The fourth-order valence-corrected chi connectivity index (χ4v) is 1.56. The Balaban J connectivity index is 2.58. The maximum absolute atomic E-state index is 13.6. The molecule has 0 unspecified atom stereocenters. The number of halogens is 2. The summed E-state index contributed by atoms with van der Waals surface area (Å²) in [4.78, 5) is 0. The first-order valence-electron chi connectivity index (χ1n) is 4.16. The van der Waals surface area contributed by atoms with Gasteiger partial charge in [0.25, 0.3) is 0 Å². The maximum Gasteiger partial charge on any atom is 0.229 e. The molecule has 72 valence electrons. The third-order valence-electron chi connectivity index (χ3n) is 1.94. The fraction of sp³-hybridized carbons (Fsp3) is 0.100. The van der Waals surface area contributed by atoms with E-state index >= 15 is 0 Å². The van der Waals surface area contributed by atoms with Crippen LogP contribution in [0.5, 0.6) is 0 Å². The van der Waals surface area contributed by atoms with E-state index in [1.165, 1.54) is 4.68 Å². The summed E-state index contributed by atoms with van der Waals surface area (Å²) in [7, 11) is 0. The molecule has 1 aromatic heterocycles. The van der Waals surface area contributed by atoms with Crippen molar-refractivity contribution in [3.8, 4) is 5.69 Å². The van der Waals surface area contributed by atoms with Crippen LogP contribution < -0.4 is 0 Å². The molecule has 2 nitrogen and oxygen atoms in total. The van der Waals surface area contributed by atoms with Crippen molar-refractivity contribution in [2.24, 2.45) is 0 Å². The molecule has 0 fully saturated rings. The van der Waals surface area contributed by atoms with Gasteiger partial charge in [-0.3, -0.25) is 0 Å². The van der Waals surface area contributed by atoms with Gasteiger partial charge in [-0.25, -0.2) is 4.68 Å².